The van der Waals surface area contributed by atoms with Crippen LogP contribution in [0.5, 0.6) is 0 Å². The van der Waals surface area contributed by atoms with Gasteiger partial charge in [-0.1, -0.05) is 51.5 Å². The maximum absolute atomic E-state index is 13.2. The quantitative estimate of drug-likeness (QED) is 0.552. The molecule has 188 valence electrons. The van der Waals surface area contributed by atoms with Gasteiger partial charge in [0.05, 0.1) is 12.1 Å². The molecule has 4 atom stereocenters. The number of hydrogen-bond acceptors (Lipinski definition) is 5. The highest BCUT2D eigenvalue weighted by atomic mass is 16.3. The van der Waals surface area contributed by atoms with Crippen molar-refractivity contribution < 1.29 is 19.1 Å². The number of hydrogen-bond donors (Lipinski definition) is 2. The Bertz CT molecular complexity index is 938. The Labute approximate surface area is 204 Å². The van der Waals surface area contributed by atoms with Gasteiger partial charge in [-0.2, -0.15) is 0 Å². The Morgan fingerprint density at radius 3 is 2.56 bits per heavy atom. The molecule has 6 heteroatoms. The number of amides is 1. The summed E-state index contributed by atoms with van der Waals surface area (Å²) in [7, 11) is 0. The number of aryl methyl sites for hydroxylation is 1. The smallest absolute Gasteiger partial charge is 0.220 e. The van der Waals surface area contributed by atoms with Crippen molar-refractivity contribution in [2.24, 2.45) is 17.3 Å². The summed E-state index contributed by atoms with van der Waals surface area (Å²) in [6.07, 6.45) is 12.0. The predicted octanol–water partition coefficient (Wildman–Crippen LogP) is 5.57. The number of aliphatic hydroxyl groups is 1. The number of nitrogens with zero attached hydrogens (tertiary/aromatic N) is 1. The number of oxazole rings is 1. The second-order valence-corrected chi connectivity index (χ2v) is 10.5. The topological polar surface area (TPSA) is 92.4 Å². The van der Waals surface area contributed by atoms with Crippen molar-refractivity contribution in [2.75, 3.05) is 0 Å². The lowest BCUT2D eigenvalue weighted by molar-refractivity contribution is -0.136. The standard InChI is InChI=1S/C28H42N2O4/c1-18-10-8-9-11-19(2)26(32)21(4)27(33)28(6,7)15-14-25(31)30-24(13-12-18)20(3)16-23-17-34-22(5)29-23/h8-9,12,16-17,19,21,24,26,32H,10-11,13-15H2,1-7H3,(H,30,31)/b9-8-,18-12-,20-16+. The lowest BCUT2D eigenvalue weighted by atomic mass is 9.74. The van der Waals surface area contributed by atoms with Crippen molar-refractivity contribution in [1.29, 1.82) is 0 Å². The fraction of sp³-hybridized carbons (Fsp3) is 0.607. The highest BCUT2D eigenvalue weighted by Crippen LogP contribution is 2.31. The second kappa shape index (κ2) is 12.3. The monoisotopic (exact) mass is 470 g/mol. The summed E-state index contributed by atoms with van der Waals surface area (Å²) in [5.74, 6) is 0.000543. The zero-order valence-electron chi connectivity index (χ0n) is 21.9. The van der Waals surface area contributed by atoms with Crippen LogP contribution in [0.15, 0.2) is 40.1 Å². The SMILES string of the molecule is C/C1=C/CC(/C(C)=C/c2coc(C)n2)NC(=O)CCC(C)(C)C(=O)C(C)C(O)C(C)C/C=C\C1. The zero-order chi connectivity index (χ0) is 25.5. The van der Waals surface area contributed by atoms with E-state index in [0.717, 1.165) is 17.7 Å². The van der Waals surface area contributed by atoms with Gasteiger partial charge in [-0.15, -0.1) is 0 Å². The summed E-state index contributed by atoms with van der Waals surface area (Å²) in [6, 6.07) is -0.182. The van der Waals surface area contributed by atoms with E-state index in [2.05, 4.69) is 35.5 Å². The molecule has 1 aliphatic heterocycles. The maximum Gasteiger partial charge on any atom is 0.220 e. The van der Waals surface area contributed by atoms with Crippen LogP contribution in [0, 0.1) is 24.2 Å². The van der Waals surface area contributed by atoms with Gasteiger partial charge in [0.1, 0.15) is 17.7 Å². The summed E-state index contributed by atoms with van der Waals surface area (Å²) in [4.78, 5) is 30.4. The van der Waals surface area contributed by atoms with Crippen LogP contribution in [0.1, 0.15) is 85.2 Å². The second-order valence-electron chi connectivity index (χ2n) is 10.5. The van der Waals surface area contributed by atoms with E-state index in [9.17, 15) is 14.7 Å². The van der Waals surface area contributed by atoms with E-state index < -0.39 is 17.4 Å². The number of nitrogens with one attached hydrogen (secondary N) is 1. The molecule has 0 spiro atoms. The fourth-order valence-corrected chi connectivity index (χ4v) is 4.34. The molecule has 1 amide bonds. The number of aliphatic hydroxyl groups excluding tert-OH is 1. The molecule has 0 saturated carbocycles. The molecular weight excluding hydrogens is 428 g/mol. The van der Waals surface area contributed by atoms with E-state index in [1.54, 1.807) is 20.1 Å². The fourth-order valence-electron chi connectivity index (χ4n) is 4.34. The molecule has 34 heavy (non-hydrogen) atoms. The van der Waals surface area contributed by atoms with Gasteiger partial charge < -0.3 is 14.8 Å². The highest BCUT2D eigenvalue weighted by Gasteiger charge is 2.36. The first-order valence-corrected chi connectivity index (χ1v) is 12.3. The van der Waals surface area contributed by atoms with Gasteiger partial charge in [-0.05, 0) is 57.1 Å². The van der Waals surface area contributed by atoms with Crippen LogP contribution in [-0.4, -0.2) is 33.9 Å². The molecule has 0 fully saturated rings. The Hall–Kier alpha value is -2.47. The molecule has 0 radical (unpaired) electrons. The third-order valence-electron chi connectivity index (χ3n) is 6.87. The van der Waals surface area contributed by atoms with Crippen LogP contribution in [-0.2, 0) is 9.59 Å². The van der Waals surface area contributed by atoms with Crippen LogP contribution >= 0.6 is 0 Å². The van der Waals surface area contributed by atoms with Crippen LogP contribution in [0.4, 0.5) is 0 Å². The van der Waals surface area contributed by atoms with E-state index in [-0.39, 0.29) is 30.1 Å². The molecule has 2 N–H and O–H groups in total. The number of allylic oxidation sites excluding steroid dienone is 3. The van der Waals surface area contributed by atoms with Gasteiger partial charge in [0.2, 0.25) is 5.91 Å². The molecule has 2 rings (SSSR count). The van der Waals surface area contributed by atoms with Gasteiger partial charge >= 0.3 is 0 Å². The minimum atomic E-state index is -0.713. The minimum Gasteiger partial charge on any atom is -0.449 e. The molecule has 0 saturated heterocycles. The summed E-state index contributed by atoms with van der Waals surface area (Å²) < 4.78 is 5.30. The Balaban J connectivity index is 2.29. The molecule has 1 aromatic rings. The third kappa shape index (κ3) is 8.08. The molecule has 0 aromatic carbocycles. The average Bonchev–Trinajstić information content (AvgIpc) is 3.19. The first kappa shape index (κ1) is 27.8. The lowest BCUT2D eigenvalue weighted by Crippen LogP contribution is -2.40. The van der Waals surface area contributed by atoms with Crippen molar-refractivity contribution in [2.45, 2.75) is 92.7 Å². The molecule has 4 unspecified atom stereocenters. The number of ketones is 1. The number of Topliss-reactive ketones (excluding diaryl/α,β-unsaturated/α-hetero) is 1. The van der Waals surface area contributed by atoms with Gasteiger partial charge in [0.15, 0.2) is 5.89 Å². The van der Waals surface area contributed by atoms with E-state index in [1.165, 1.54) is 5.57 Å². The molecule has 0 bridgehead atoms. The van der Waals surface area contributed by atoms with E-state index in [1.807, 2.05) is 33.8 Å². The molecule has 6 nitrogen and oxygen atoms in total. The highest BCUT2D eigenvalue weighted by molar-refractivity contribution is 5.87. The van der Waals surface area contributed by atoms with Gasteiger partial charge in [-0.25, -0.2) is 4.98 Å². The Morgan fingerprint density at radius 2 is 1.91 bits per heavy atom. The molecule has 2 heterocycles. The number of rotatable bonds is 2. The van der Waals surface area contributed by atoms with Gasteiger partial charge in [0, 0.05) is 24.7 Å². The molecule has 1 aliphatic rings. The zero-order valence-corrected chi connectivity index (χ0v) is 21.9. The minimum absolute atomic E-state index is 0.000476. The third-order valence-corrected chi connectivity index (χ3v) is 6.87. The van der Waals surface area contributed by atoms with Crippen LogP contribution in [0.25, 0.3) is 6.08 Å². The largest absolute Gasteiger partial charge is 0.449 e. The number of carbonyl (C=O) groups excluding carboxylic acids is 2. The van der Waals surface area contributed by atoms with E-state index in [0.29, 0.717) is 25.2 Å². The van der Waals surface area contributed by atoms with Gasteiger partial charge in [0.25, 0.3) is 0 Å². The lowest BCUT2D eigenvalue weighted by Gasteiger charge is -2.31. The van der Waals surface area contributed by atoms with Crippen LogP contribution in [0.2, 0.25) is 0 Å². The number of aromatic nitrogens is 1. The summed E-state index contributed by atoms with van der Waals surface area (Å²) in [5.41, 5.74) is 2.23. The van der Waals surface area contributed by atoms with Crippen molar-refractivity contribution in [3.8, 4) is 0 Å². The normalized spacial score (nSPS) is 30.7. The molecular formula is C28H42N2O4. The number of carbonyl (C=O) groups is 2. The maximum atomic E-state index is 13.2. The Morgan fingerprint density at radius 1 is 1.21 bits per heavy atom. The summed E-state index contributed by atoms with van der Waals surface area (Å²) in [6.45, 7) is 13.4. The first-order valence-electron chi connectivity index (χ1n) is 12.3. The predicted molar refractivity (Wildman–Crippen MR) is 136 cm³/mol. The first-order chi connectivity index (χ1) is 15.9. The molecule has 1 aromatic heterocycles. The van der Waals surface area contributed by atoms with Crippen LogP contribution in [0.3, 0.4) is 0 Å². The van der Waals surface area contributed by atoms with Crippen molar-refractivity contribution in [3.63, 3.8) is 0 Å². The summed E-state index contributed by atoms with van der Waals surface area (Å²) >= 11 is 0. The Kier molecular flexibility index (Phi) is 10.0. The van der Waals surface area contributed by atoms with Crippen LogP contribution < -0.4 is 5.32 Å². The molecule has 0 aliphatic carbocycles. The van der Waals surface area contributed by atoms with Crippen molar-refractivity contribution >= 4 is 17.8 Å². The van der Waals surface area contributed by atoms with Crippen molar-refractivity contribution in [1.82, 2.24) is 10.3 Å². The van der Waals surface area contributed by atoms with E-state index in [4.69, 9.17) is 4.42 Å². The summed E-state index contributed by atoms with van der Waals surface area (Å²) in [5, 5.41) is 13.9. The van der Waals surface area contributed by atoms with E-state index >= 15 is 0 Å². The average molecular weight is 471 g/mol. The van der Waals surface area contributed by atoms with Crippen molar-refractivity contribution in [3.05, 3.63) is 47.2 Å². The van der Waals surface area contributed by atoms with Gasteiger partial charge in [-0.3, -0.25) is 9.59 Å².